The SMILES string of the molecule is CCCn1cc(Br)cc1C(=O)N1CCC(NC)C1. The maximum absolute atomic E-state index is 12.5. The number of nitrogens with one attached hydrogen (secondary N) is 1. The second kappa shape index (κ2) is 5.89. The van der Waals surface area contributed by atoms with Gasteiger partial charge >= 0.3 is 0 Å². The summed E-state index contributed by atoms with van der Waals surface area (Å²) in [6.07, 6.45) is 4.06. The Balaban J connectivity index is 2.13. The number of likely N-dealkylation sites (tertiary alicyclic amines) is 1. The zero-order valence-corrected chi connectivity index (χ0v) is 12.5. The van der Waals surface area contributed by atoms with Crippen molar-refractivity contribution >= 4 is 21.8 Å². The summed E-state index contributed by atoms with van der Waals surface area (Å²) < 4.78 is 3.02. The van der Waals surface area contributed by atoms with Crippen molar-refractivity contribution in [2.75, 3.05) is 20.1 Å². The molecule has 0 aromatic carbocycles. The van der Waals surface area contributed by atoms with Crippen LogP contribution in [0.15, 0.2) is 16.7 Å². The third-order valence-electron chi connectivity index (χ3n) is 3.43. The first-order chi connectivity index (χ1) is 8.65. The molecule has 0 saturated carbocycles. The highest BCUT2D eigenvalue weighted by atomic mass is 79.9. The highest BCUT2D eigenvalue weighted by Crippen LogP contribution is 2.19. The Labute approximate surface area is 116 Å². The van der Waals surface area contributed by atoms with Crippen molar-refractivity contribution in [1.29, 1.82) is 0 Å². The predicted molar refractivity (Wildman–Crippen MR) is 75.8 cm³/mol. The molecule has 0 spiro atoms. The summed E-state index contributed by atoms with van der Waals surface area (Å²) in [4.78, 5) is 14.4. The fourth-order valence-corrected chi connectivity index (χ4v) is 2.89. The number of nitrogens with zero attached hydrogens (tertiary/aromatic N) is 2. The third kappa shape index (κ3) is 2.78. The monoisotopic (exact) mass is 313 g/mol. The van der Waals surface area contributed by atoms with Crippen molar-refractivity contribution in [1.82, 2.24) is 14.8 Å². The predicted octanol–water partition coefficient (Wildman–Crippen LogP) is 2.09. The fourth-order valence-electron chi connectivity index (χ4n) is 2.42. The van der Waals surface area contributed by atoms with E-state index in [1.165, 1.54) is 0 Å². The van der Waals surface area contributed by atoms with E-state index in [-0.39, 0.29) is 5.91 Å². The Hall–Kier alpha value is -0.810. The van der Waals surface area contributed by atoms with Gasteiger partial charge in [-0.3, -0.25) is 4.79 Å². The van der Waals surface area contributed by atoms with E-state index in [1.807, 2.05) is 28.8 Å². The second-order valence-corrected chi connectivity index (χ2v) is 5.68. The average Bonchev–Trinajstić information content (AvgIpc) is 2.95. The molecule has 2 rings (SSSR count). The van der Waals surface area contributed by atoms with Gasteiger partial charge in [0.1, 0.15) is 5.69 Å². The molecular formula is C13H20BrN3O. The summed E-state index contributed by atoms with van der Waals surface area (Å²) >= 11 is 3.45. The van der Waals surface area contributed by atoms with Gasteiger partial charge in [-0.15, -0.1) is 0 Å². The molecule has 4 nitrogen and oxygen atoms in total. The molecule has 1 aromatic rings. The Morgan fingerprint density at radius 1 is 1.61 bits per heavy atom. The van der Waals surface area contributed by atoms with Crippen molar-refractivity contribution in [3.8, 4) is 0 Å². The van der Waals surface area contributed by atoms with Gasteiger partial charge in [0.25, 0.3) is 5.91 Å². The van der Waals surface area contributed by atoms with Crippen molar-refractivity contribution in [3.05, 3.63) is 22.4 Å². The first-order valence-corrected chi connectivity index (χ1v) is 7.27. The van der Waals surface area contributed by atoms with Gasteiger partial charge in [-0.05, 0) is 41.9 Å². The molecule has 0 bridgehead atoms. The van der Waals surface area contributed by atoms with Crippen LogP contribution >= 0.6 is 15.9 Å². The molecule has 1 fully saturated rings. The minimum Gasteiger partial charge on any atom is -0.342 e. The van der Waals surface area contributed by atoms with Crippen molar-refractivity contribution in [3.63, 3.8) is 0 Å². The van der Waals surface area contributed by atoms with E-state index in [4.69, 9.17) is 0 Å². The normalized spacial score (nSPS) is 19.5. The van der Waals surface area contributed by atoms with E-state index >= 15 is 0 Å². The van der Waals surface area contributed by atoms with Crippen molar-refractivity contribution in [2.45, 2.75) is 32.4 Å². The number of hydrogen-bond acceptors (Lipinski definition) is 2. The third-order valence-corrected chi connectivity index (χ3v) is 3.86. The van der Waals surface area contributed by atoms with Gasteiger partial charge in [-0.2, -0.15) is 0 Å². The molecule has 2 heterocycles. The van der Waals surface area contributed by atoms with Gasteiger partial charge in [0.2, 0.25) is 0 Å². The van der Waals surface area contributed by atoms with Gasteiger partial charge in [-0.1, -0.05) is 6.92 Å². The number of aromatic nitrogens is 1. The number of carbonyl (C=O) groups is 1. The molecule has 5 heteroatoms. The van der Waals surface area contributed by atoms with Crippen LogP contribution in [0.25, 0.3) is 0 Å². The molecule has 1 N–H and O–H groups in total. The summed E-state index contributed by atoms with van der Waals surface area (Å²) in [7, 11) is 1.95. The maximum Gasteiger partial charge on any atom is 0.270 e. The van der Waals surface area contributed by atoms with Crippen LogP contribution in [0, 0.1) is 0 Å². The minimum atomic E-state index is 0.145. The number of hydrogen-bond donors (Lipinski definition) is 1. The lowest BCUT2D eigenvalue weighted by Crippen LogP contribution is -2.34. The number of rotatable bonds is 4. The molecule has 100 valence electrons. The molecule has 1 saturated heterocycles. The van der Waals surface area contributed by atoms with E-state index in [0.29, 0.717) is 6.04 Å². The topological polar surface area (TPSA) is 37.3 Å². The van der Waals surface area contributed by atoms with Crippen LogP contribution in [0.3, 0.4) is 0 Å². The minimum absolute atomic E-state index is 0.145. The lowest BCUT2D eigenvalue weighted by molar-refractivity contribution is 0.0779. The van der Waals surface area contributed by atoms with Crippen LogP contribution in [0.1, 0.15) is 30.3 Å². The lowest BCUT2D eigenvalue weighted by Gasteiger charge is -2.17. The molecule has 0 aliphatic carbocycles. The summed E-state index contributed by atoms with van der Waals surface area (Å²) in [5, 5.41) is 3.24. The highest BCUT2D eigenvalue weighted by Gasteiger charge is 2.27. The summed E-state index contributed by atoms with van der Waals surface area (Å²) in [6, 6.07) is 2.36. The zero-order chi connectivity index (χ0) is 13.1. The Morgan fingerprint density at radius 2 is 2.39 bits per heavy atom. The highest BCUT2D eigenvalue weighted by molar-refractivity contribution is 9.10. The van der Waals surface area contributed by atoms with Gasteiger partial charge < -0.3 is 14.8 Å². The molecule has 1 aliphatic heterocycles. The van der Waals surface area contributed by atoms with Crippen LogP contribution in [0.4, 0.5) is 0 Å². The zero-order valence-electron chi connectivity index (χ0n) is 10.9. The summed E-state index contributed by atoms with van der Waals surface area (Å²) in [5.74, 6) is 0.145. The standard InChI is InChI=1S/C13H20BrN3O/c1-3-5-16-8-10(14)7-12(16)13(18)17-6-4-11(9-17)15-2/h7-8,11,15H,3-6,9H2,1-2H3. The average molecular weight is 314 g/mol. The van der Waals surface area contributed by atoms with Gasteiger partial charge in [0, 0.05) is 36.3 Å². The number of carbonyl (C=O) groups excluding carboxylic acids is 1. The van der Waals surface area contributed by atoms with Crippen molar-refractivity contribution < 1.29 is 4.79 Å². The van der Waals surface area contributed by atoms with E-state index in [9.17, 15) is 4.79 Å². The smallest absolute Gasteiger partial charge is 0.270 e. The van der Waals surface area contributed by atoms with Crippen LogP contribution < -0.4 is 5.32 Å². The van der Waals surface area contributed by atoms with E-state index < -0.39 is 0 Å². The second-order valence-electron chi connectivity index (χ2n) is 4.76. The fraction of sp³-hybridized carbons (Fsp3) is 0.615. The molecule has 1 amide bonds. The number of aryl methyl sites for hydroxylation is 1. The summed E-state index contributed by atoms with van der Waals surface area (Å²) in [5.41, 5.74) is 0.792. The van der Waals surface area contributed by atoms with Crippen LogP contribution in [0.2, 0.25) is 0 Å². The van der Waals surface area contributed by atoms with Crippen LogP contribution in [-0.2, 0) is 6.54 Å². The largest absolute Gasteiger partial charge is 0.342 e. The number of halogens is 1. The summed E-state index contributed by atoms with van der Waals surface area (Å²) in [6.45, 7) is 4.66. The van der Waals surface area contributed by atoms with Gasteiger partial charge in [-0.25, -0.2) is 0 Å². The molecular weight excluding hydrogens is 294 g/mol. The Morgan fingerprint density at radius 3 is 3.00 bits per heavy atom. The van der Waals surface area contributed by atoms with Crippen molar-refractivity contribution in [2.24, 2.45) is 0 Å². The number of amides is 1. The van der Waals surface area contributed by atoms with E-state index in [2.05, 4.69) is 28.2 Å². The maximum atomic E-state index is 12.5. The first-order valence-electron chi connectivity index (χ1n) is 6.48. The Bertz CT molecular complexity index is 430. The Kier molecular flexibility index (Phi) is 4.45. The molecule has 1 atom stereocenters. The van der Waals surface area contributed by atoms with E-state index in [1.54, 1.807) is 0 Å². The molecule has 1 aliphatic rings. The van der Waals surface area contributed by atoms with Gasteiger partial charge in [0.05, 0.1) is 0 Å². The molecule has 1 aromatic heterocycles. The first kappa shape index (κ1) is 13.6. The van der Waals surface area contributed by atoms with Crippen LogP contribution in [-0.4, -0.2) is 41.6 Å². The lowest BCUT2D eigenvalue weighted by atomic mass is 10.3. The molecule has 0 radical (unpaired) electrons. The van der Waals surface area contributed by atoms with Crippen LogP contribution in [0.5, 0.6) is 0 Å². The van der Waals surface area contributed by atoms with E-state index in [0.717, 1.165) is 42.6 Å². The number of likely N-dealkylation sites (N-methyl/N-ethyl adjacent to an activating group) is 1. The van der Waals surface area contributed by atoms with Gasteiger partial charge in [0.15, 0.2) is 0 Å². The quantitative estimate of drug-likeness (QED) is 0.924. The molecule has 18 heavy (non-hydrogen) atoms. The molecule has 1 unspecified atom stereocenters.